The highest BCUT2D eigenvalue weighted by atomic mass is 16.5. The topological polar surface area (TPSA) is 73.8 Å². The molecule has 0 saturated heterocycles. The summed E-state index contributed by atoms with van der Waals surface area (Å²) in [7, 11) is 0. The average Bonchev–Trinajstić information content (AvgIpc) is 2.91. The summed E-state index contributed by atoms with van der Waals surface area (Å²) in [6, 6.07) is 11.6. The van der Waals surface area contributed by atoms with Crippen LogP contribution in [0.3, 0.4) is 0 Å². The molecule has 0 saturated carbocycles. The molecular formula is C34H56N2O3. The Labute approximate surface area is 238 Å². The predicted octanol–water partition coefficient (Wildman–Crippen LogP) is 9.92. The minimum absolute atomic E-state index is 0.227. The Morgan fingerprint density at radius 3 is 1.31 bits per heavy atom. The number of anilines is 2. The maximum absolute atomic E-state index is 10.4. The highest BCUT2D eigenvalue weighted by Gasteiger charge is 2.13. The molecule has 0 bridgehead atoms. The largest absolute Gasteiger partial charge is 0.506 e. The van der Waals surface area contributed by atoms with Gasteiger partial charge in [0.2, 0.25) is 0 Å². The van der Waals surface area contributed by atoms with Crippen molar-refractivity contribution in [3.8, 4) is 11.5 Å². The van der Waals surface area contributed by atoms with Gasteiger partial charge in [-0.1, -0.05) is 103 Å². The van der Waals surface area contributed by atoms with E-state index in [1.54, 1.807) is 12.1 Å². The van der Waals surface area contributed by atoms with E-state index in [9.17, 15) is 10.2 Å². The van der Waals surface area contributed by atoms with Crippen LogP contribution in [0, 0.1) is 0 Å². The number of ether oxygens (including phenoxy) is 1. The third-order valence-corrected chi connectivity index (χ3v) is 7.39. The number of nitrogens with one attached hydrogen (secondary N) is 2. The highest BCUT2D eigenvalue weighted by Crippen LogP contribution is 2.28. The van der Waals surface area contributed by atoms with E-state index in [1.165, 1.54) is 101 Å². The number of benzene rings is 2. The lowest BCUT2D eigenvalue weighted by molar-refractivity contribution is 0.0402. The van der Waals surface area contributed by atoms with Crippen LogP contribution in [0.1, 0.15) is 129 Å². The molecule has 2 unspecified atom stereocenters. The Kier molecular flexibility index (Phi) is 16.5. The highest BCUT2D eigenvalue weighted by molar-refractivity contribution is 5.58. The van der Waals surface area contributed by atoms with Crippen molar-refractivity contribution in [1.82, 2.24) is 0 Å². The van der Waals surface area contributed by atoms with E-state index < -0.39 is 0 Å². The van der Waals surface area contributed by atoms with Crippen LogP contribution in [-0.2, 0) is 17.6 Å². The summed E-state index contributed by atoms with van der Waals surface area (Å²) in [5, 5.41) is 27.4. The fraction of sp³-hybridized carbons (Fsp3) is 0.647. The Balaban J connectivity index is 1.78. The third-order valence-electron chi connectivity index (χ3n) is 7.39. The molecule has 0 aliphatic heterocycles. The van der Waals surface area contributed by atoms with Crippen molar-refractivity contribution >= 4 is 11.4 Å². The first-order valence-electron chi connectivity index (χ1n) is 15.7. The lowest BCUT2D eigenvalue weighted by Gasteiger charge is -2.24. The minimum Gasteiger partial charge on any atom is -0.506 e. The number of aryl methyl sites for hydroxylation is 2. The van der Waals surface area contributed by atoms with Crippen LogP contribution >= 0.6 is 0 Å². The van der Waals surface area contributed by atoms with Crippen LogP contribution in [-0.4, -0.2) is 22.7 Å². The predicted molar refractivity (Wildman–Crippen MR) is 167 cm³/mol. The van der Waals surface area contributed by atoms with Crippen LogP contribution in [0.25, 0.3) is 0 Å². The lowest BCUT2D eigenvalue weighted by atomic mass is 10.0. The summed E-state index contributed by atoms with van der Waals surface area (Å²) in [6.07, 6.45) is 19.4. The van der Waals surface area contributed by atoms with Gasteiger partial charge < -0.3 is 25.6 Å². The number of hydrogen-bond acceptors (Lipinski definition) is 5. The fourth-order valence-electron chi connectivity index (χ4n) is 5.09. The first-order valence-corrected chi connectivity index (χ1v) is 15.7. The standard InChI is InChI=1S/C34H56N2O3/c1-5-7-9-11-13-15-17-19-29-21-23-33(37)31(25-29)35-27(3)39-28(4)36-32-26-30(22-24-34(32)38)20-18-16-14-12-10-8-6-2/h21-28,35-38H,5-20H2,1-4H3. The maximum Gasteiger partial charge on any atom is 0.138 e. The molecule has 0 amide bonds. The normalized spacial score (nSPS) is 12.8. The molecule has 0 aromatic heterocycles. The molecule has 2 aromatic carbocycles. The minimum atomic E-state index is -0.328. The second kappa shape index (κ2) is 19.6. The third kappa shape index (κ3) is 14.0. The first-order chi connectivity index (χ1) is 18.9. The van der Waals surface area contributed by atoms with Crippen LogP contribution in [0.2, 0.25) is 0 Å². The van der Waals surface area contributed by atoms with Crippen molar-refractivity contribution in [2.75, 3.05) is 10.6 Å². The first kappa shape index (κ1) is 32.8. The molecule has 220 valence electrons. The van der Waals surface area contributed by atoms with E-state index in [4.69, 9.17) is 4.74 Å². The maximum atomic E-state index is 10.4. The Hall–Kier alpha value is -2.40. The van der Waals surface area contributed by atoms with Gasteiger partial charge in [-0.05, 0) is 74.9 Å². The molecule has 0 fully saturated rings. The van der Waals surface area contributed by atoms with E-state index in [0.717, 1.165) is 12.8 Å². The quantitative estimate of drug-likeness (QED) is 0.0679. The SMILES string of the molecule is CCCCCCCCCc1ccc(O)c(NC(C)OC(C)Nc2cc(CCCCCCCCC)ccc2O)c1. The van der Waals surface area contributed by atoms with Gasteiger partial charge in [0, 0.05) is 0 Å². The zero-order valence-corrected chi connectivity index (χ0v) is 25.2. The molecule has 5 heteroatoms. The van der Waals surface area contributed by atoms with Gasteiger partial charge >= 0.3 is 0 Å². The molecule has 0 heterocycles. The lowest BCUT2D eigenvalue weighted by Crippen LogP contribution is -2.29. The summed E-state index contributed by atoms with van der Waals surface area (Å²) >= 11 is 0. The summed E-state index contributed by atoms with van der Waals surface area (Å²) in [5.74, 6) is 0.454. The second-order valence-electron chi connectivity index (χ2n) is 11.2. The number of aromatic hydroxyl groups is 2. The van der Waals surface area contributed by atoms with Crippen LogP contribution in [0.15, 0.2) is 36.4 Å². The van der Waals surface area contributed by atoms with Crippen molar-refractivity contribution in [3.05, 3.63) is 47.5 Å². The molecule has 2 rings (SSSR count). The number of unbranched alkanes of at least 4 members (excludes halogenated alkanes) is 12. The molecule has 5 nitrogen and oxygen atoms in total. The molecule has 0 radical (unpaired) electrons. The molecule has 2 atom stereocenters. The Morgan fingerprint density at radius 2 is 0.923 bits per heavy atom. The van der Waals surface area contributed by atoms with Crippen molar-refractivity contribution in [2.24, 2.45) is 0 Å². The van der Waals surface area contributed by atoms with Gasteiger partial charge in [-0.2, -0.15) is 0 Å². The molecule has 0 aliphatic rings. The van der Waals surface area contributed by atoms with E-state index >= 15 is 0 Å². The molecule has 0 aliphatic carbocycles. The number of phenolic OH excluding ortho intramolecular Hbond substituents is 2. The Morgan fingerprint density at radius 1 is 0.564 bits per heavy atom. The molecule has 39 heavy (non-hydrogen) atoms. The summed E-state index contributed by atoms with van der Waals surface area (Å²) < 4.78 is 6.09. The molecular weight excluding hydrogens is 484 g/mol. The van der Waals surface area contributed by atoms with E-state index in [-0.39, 0.29) is 24.0 Å². The zero-order valence-electron chi connectivity index (χ0n) is 25.2. The van der Waals surface area contributed by atoms with Gasteiger partial charge in [-0.25, -0.2) is 0 Å². The average molecular weight is 541 g/mol. The zero-order chi connectivity index (χ0) is 28.3. The van der Waals surface area contributed by atoms with Crippen LogP contribution in [0.5, 0.6) is 11.5 Å². The fourth-order valence-corrected chi connectivity index (χ4v) is 5.09. The van der Waals surface area contributed by atoms with Gasteiger partial charge in [0.25, 0.3) is 0 Å². The monoisotopic (exact) mass is 540 g/mol. The van der Waals surface area contributed by atoms with Gasteiger partial charge in [0.1, 0.15) is 24.0 Å². The van der Waals surface area contributed by atoms with Crippen molar-refractivity contribution < 1.29 is 14.9 Å². The summed E-state index contributed by atoms with van der Waals surface area (Å²) in [6.45, 7) is 8.36. The van der Waals surface area contributed by atoms with Crippen molar-refractivity contribution in [2.45, 2.75) is 143 Å². The van der Waals surface area contributed by atoms with Gasteiger partial charge in [-0.3, -0.25) is 0 Å². The number of phenols is 2. The number of rotatable bonds is 22. The second-order valence-corrected chi connectivity index (χ2v) is 11.2. The molecule has 4 N–H and O–H groups in total. The smallest absolute Gasteiger partial charge is 0.138 e. The van der Waals surface area contributed by atoms with Crippen molar-refractivity contribution in [1.29, 1.82) is 0 Å². The summed E-state index contributed by atoms with van der Waals surface area (Å²) in [5.41, 5.74) is 3.83. The Bertz CT molecular complexity index is 844. The van der Waals surface area contributed by atoms with E-state index in [2.05, 4.69) is 24.5 Å². The van der Waals surface area contributed by atoms with Gasteiger partial charge in [0.05, 0.1) is 11.4 Å². The summed E-state index contributed by atoms with van der Waals surface area (Å²) in [4.78, 5) is 0. The van der Waals surface area contributed by atoms with E-state index in [0.29, 0.717) is 11.4 Å². The van der Waals surface area contributed by atoms with Crippen molar-refractivity contribution in [3.63, 3.8) is 0 Å². The van der Waals surface area contributed by atoms with E-state index in [1.807, 2.05) is 38.1 Å². The molecule has 0 spiro atoms. The molecule has 2 aromatic rings. The van der Waals surface area contributed by atoms with Crippen LogP contribution < -0.4 is 10.6 Å². The van der Waals surface area contributed by atoms with Gasteiger partial charge in [0.15, 0.2) is 0 Å². The van der Waals surface area contributed by atoms with Gasteiger partial charge in [-0.15, -0.1) is 0 Å². The number of hydrogen-bond donors (Lipinski definition) is 4. The van der Waals surface area contributed by atoms with Crippen LogP contribution in [0.4, 0.5) is 11.4 Å².